The molecular weight excluding hydrogens is 310 g/mol. The molecule has 1 aromatic carbocycles. The molecule has 122 valence electrons. The molecule has 0 spiro atoms. The van der Waals surface area contributed by atoms with Crippen LogP contribution < -0.4 is 5.32 Å². The summed E-state index contributed by atoms with van der Waals surface area (Å²) in [5, 5.41) is 16.8. The Balaban J connectivity index is 2.06. The Bertz CT molecular complexity index is 760. The van der Waals surface area contributed by atoms with Crippen molar-refractivity contribution in [2.45, 2.75) is 20.4 Å². The van der Waals surface area contributed by atoms with Crippen LogP contribution in [0.5, 0.6) is 0 Å². The van der Waals surface area contributed by atoms with Crippen molar-refractivity contribution in [1.82, 2.24) is 9.78 Å². The van der Waals surface area contributed by atoms with Gasteiger partial charge >= 0.3 is 5.82 Å². The maximum atomic E-state index is 13.5. The van der Waals surface area contributed by atoms with Crippen LogP contribution in [0.4, 0.5) is 20.3 Å². The van der Waals surface area contributed by atoms with Crippen molar-refractivity contribution in [3.05, 3.63) is 51.7 Å². The molecule has 0 fully saturated rings. The lowest BCUT2D eigenvalue weighted by Crippen LogP contribution is -2.25. The van der Waals surface area contributed by atoms with Crippen molar-refractivity contribution < 1.29 is 18.5 Å². The molecule has 0 bridgehead atoms. The molecule has 9 heteroatoms. The number of carbonyl (C=O) groups is 1. The van der Waals surface area contributed by atoms with E-state index in [2.05, 4.69) is 10.4 Å². The number of rotatable bonds is 5. The molecule has 2 aromatic rings. The van der Waals surface area contributed by atoms with E-state index >= 15 is 0 Å². The van der Waals surface area contributed by atoms with Gasteiger partial charge in [-0.05, 0) is 24.0 Å². The highest BCUT2D eigenvalue weighted by atomic mass is 19.1. The van der Waals surface area contributed by atoms with E-state index < -0.39 is 28.4 Å². The molecule has 1 aromatic heterocycles. The summed E-state index contributed by atoms with van der Waals surface area (Å²) in [6.07, 6.45) is 0. The number of hydrogen-bond donors (Lipinski definition) is 1. The third kappa shape index (κ3) is 3.87. The molecule has 1 atom stereocenters. The zero-order valence-electron chi connectivity index (χ0n) is 12.4. The summed E-state index contributed by atoms with van der Waals surface area (Å²) >= 11 is 0. The number of halogens is 2. The number of nitrogens with zero attached hydrogens (tertiary/aromatic N) is 3. The van der Waals surface area contributed by atoms with Crippen molar-refractivity contribution in [3.8, 4) is 0 Å². The number of aromatic nitrogens is 2. The quantitative estimate of drug-likeness (QED) is 0.676. The van der Waals surface area contributed by atoms with Crippen LogP contribution in [0.1, 0.15) is 12.6 Å². The van der Waals surface area contributed by atoms with Crippen molar-refractivity contribution in [2.75, 3.05) is 5.32 Å². The second-order valence-electron chi connectivity index (χ2n) is 5.10. The lowest BCUT2D eigenvalue weighted by molar-refractivity contribution is -0.389. The van der Waals surface area contributed by atoms with Crippen LogP contribution in [-0.4, -0.2) is 20.6 Å². The molecule has 0 saturated carbocycles. The van der Waals surface area contributed by atoms with Crippen LogP contribution in [0.15, 0.2) is 24.3 Å². The number of anilines is 1. The number of benzene rings is 1. The molecular formula is C14H14F2N4O3. The third-order valence-electron chi connectivity index (χ3n) is 3.24. The predicted octanol–water partition coefficient (Wildman–Crippen LogP) is 2.65. The van der Waals surface area contributed by atoms with E-state index in [9.17, 15) is 23.7 Å². The first-order chi connectivity index (χ1) is 10.8. The summed E-state index contributed by atoms with van der Waals surface area (Å²) in [6, 6.07) is 4.12. The van der Waals surface area contributed by atoms with E-state index in [0.29, 0.717) is 11.8 Å². The number of nitrogens with one attached hydrogen (secondary N) is 1. The normalized spacial score (nSPS) is 12.0. The molecule has 0 aliphatic heterocycles. The number of aryl methyl sites for hydroxylation is 1. The summed E-state index contributed by atoms with van der Waals surface area (Å²) in [5.41, 5.74) is 0.399. The van der Waals surface area contributed by atoms with Crippen LogP contribution in [0.25, 0.3) is 0 Å². The van der Waals surface area contributed by atoms with Gasteiger partial charge in [-0.3, -0.25) is 4.79 Å². The van der Waals surface area contributed by atoms with Gasteiger partial charge in [0.15, 0.2) is 0 Å². The smallest absolute Gasteiger partial charge is 0.358 e. The Morgan fingerprint density at radius 3 is 2.70 bits per heavy atom. The van der Waals surface area contributed by atoms with Crippen molar-refractivity contribution in [2.24, 2.45) is 5.92 Å². The van der Waals surface area contributed by atoms with Gasteiger partial charge in [-0.1, -0.05) is 6.92 Å². The van der Waals surface area contributed by atoms with Crippen LogP contribution in [0.3, 0.4) is 0 Å². The maximum Gasteiger partial charge on any atom is 0.390 e. The second-order valence-corrected chi connectivity index (χ2v) is 5.10. The molecule has 0 saturated heterocycles. The number of nitro groups is 1. The summed E-state index contributed by atoms with van der Waals surface area (Å²) in [7, 11) is 0. The Morgan fingerprint density at radius 2 is 2.13 bits per heavy atom. The van der Waals surface area contributed by atoms with E-state index in [-0.39, 0.29) is 18.1 Å². The minimum atomic E-state index is -0.878. The average Bonchev–Trinajstić information content (AvgIpc) is 2.83. The van der Waals surface area contributed by atoms with Crippen molar-refractivity contribution in [1.29, 1.82) is 0 Å². The molecule has 0 aliphatic carbocycles. The van der Waals surface area contributed by atoms with E-state index in [1.54, 1.807) is 13.8 Å². The van der Waals surface area contributed by atoms with E-state index in [1.807, 2.05) is 0 Å². The number of carbonyl (C=O) groups excluding carboxylic acids is 1. The summed E-state index contributed by atoms with van der Waals surface area (Å²) in [5.74, 6) is -3.06. The molecule has 1 N–H and O–H groups in total. The lowest BCUT2D eigenvalue weighted by Gasteiger charge is -2.12. The first kappa shape index (κ1) is 16.5. The minimum Gasteiger partial charge on any atom is -0.358 e. The summed E-state index contributed by atoms with van der Waals surface area (Å²) < 4.78 is 27.7. The van der Waals surface area contributed by atoms with Gasteiger partial charge in [-0.15, -0.1) is 0 Å². The van der Waals surface area contributed by atoms with Crippen molar-refractivity contribution in [3.63, 3.8) is 0 Å². The molecule has 0 aliphatic rings. The molecule has 0 radical (unpaired) electrons. The number of amides is 1. The van der Waals surface area contributed by atoms with Gasteiger partial charge in [-0.25, -0.2) is 8.78 Å². The minimum absolute atomic E-state index is 0.0916. The summed E-state index contributed by atoms with van der Waals surface area (Å²) in [6.45, 7) is 3.29. The Kier molecular flexibility index (Phi) is 4.68. The average molecular weight is 324 g/mol. The maximum absolute atomic E-state index is 13.5. The van der Waals surface area contributed by atoms with E-state index in [1.165, 1.54) is 10.7 Å². The van der Waals surface area contributed by atoms with Gasteiger partial charge in [0.2, 0.25) is 5.91 Å². The molecule has 1 unspecified atom stereocenters. The first-order valence-corrected chi connectivity index (χ1v) is 6.72. The standard InChI is InChI=1S/C14H14F2N4O3/c1-8(7-19-9(2)5-13(18-19)20(22)23)14(21)17-12-4-3-10(15)6-11(12)16/h3-6,8H,7H2,1-2H3,(H,17,21). The zero-order valence-corrected chi connectivity index (χ0v) is 12.4. The lowest BCUT2D eigenvalue weighted by atomic mass is 10.1. The van der Waals surface area contributed by atoms with Gasteiger partial charge < -0.3 is 15.4 Å². The zero-order chi connectivity index (χ0) is 17.1. The van der Waals surface area contributed by atoms with Crippen LogP contribution in [0.2, 0.25) is 0 Å². The van der Waals surface area contributed by atoms with Gasteiger partial charge in [0.25, 0.3) is 0 Å². The van der Waals surface area contributed by atoms with Gasteiger partial charge in [-0.2, -0.15) is 4.68 Å². The molecule has 2 rings (SSSR count). The Labute approximate surface area is 130 Å². The summed E-state index contributed by atoms with van der Waals surface area (Å²) in [4.78, 5) is 22.1. The van der Waals surface area contributed by atoms with E-state index in [0.717, 1.165) is 12.1 Å². The first-order valence-electron chi connectivity index (χ1n) is 6.72. The molecule has 1 heterocycles. The SMILES string of the molecule is Cc1cc([N+](=O)[O-])nn1CC(C)C(=O)Nc1ccc(F)cc1F. The highest BCUT2D eigenvalue weighted by Gasteiger charge is 2.21. The largest absolute Gasteiger partial charge is 0.390 e. The molecule has 7 nitrogen and oxygen atoms in total. The van der Waals surface area contributed by atoms with Crippen LogP contribution in [0, 0.1) is 34.6 Å². The van der Waals surface area contributed by atoms with Gasteiger partial charge in [0.1, 0.15) is 11.6 Å². The fourth-order valence-electron chi connectivity index (χ4n) is 1.96. The fourth-order valence-corrected chi connectivity index (χ4v) is 1.96. The van der Waals surface area contributed by atoms with Crippen LogP contribution >= 0.6 is 0 Å². The molecule has 1 amide bonds. The third-order valence-corrected chi connectivity index (χ3v) is 3.24. The monoisotopic (exact) mass is 324 g/mol. The number of hydrogen-bond acceptors (Lipinski definition) is 4. The fraction of sp³-hybridized carbons (Fsp3) is 0.286. The van der Waals surface area contributed by atoms with Gasteiger partial charge in [0, 0.05) is 6.07 Å². The van der Waals surface area contributed by atoms with E-state index in [4.69, 9.17) is 0 Å². The topological polar surface area (TPSA) is 90.1 Å². The molecule has 23 heavy (non-hydrogen) atoms. The highest BCUT2D eigenvalue weighted by molar-refractivity contribution is 5.92. The predicted molar refractivity (Wildman–Crippen MR) is 77.8 cm³/mol. The Hall–Kier alpha value is -2.84. The van der Waals surface area contributed by atoms with Crippen molar-refractivity contribution >= 4 is 17.4 Å². The Morgan fingerprint density at radius 1 is 1.43 bits per heavy atom. The highest BCUT2D eigenvalue weighted by Crippen LogP contribution is 2.17. The van der Waals surface area contributed by atoms with Crippen LogP contribution in [-0.2, 0) is 11.3 Å². The second kappa shape index (κ2) is 6.51. The van der Waals surface area contributed by atoms with Gasteiger partial charge in [0.05, 0.1) is 35.0 Å².